The summed E-state index contributed by atoms with van der Waals surface area (Å²) in [6.45, 7) is 5.96. The Labute approximate surface area is 63.6 Å². The van der Waals surface area contributed by atoms with E-state index in [1.54, 1.807) is 0 Å². The van der Waals surface area contributed by atoms with Gasteiger partial charge in [0.15, 0.2) is 0 Å². The fourth-order valence-electron chi connectivity index (χ4n) is 1.61. The van der Waals surface area contributed by atoms with Crippen molar-refractivity contribution in [1.82, 2.24) is 0 Å². The van der Waals surface area contributed by atoms with Crippen LogP contribution >= 0.6 is 0 Å². The van der Waals surface area contributed by atoms with Gasteiger partial charge in [0.25, 0.3) is 0 Å². The van der Waals surface area contributed by atoms with Gasteiger partial charge < -0.3 is 0 Å². The van der Waals surface area contributed by atoms with Crippen molar-refractivity contribution in [2.75, 3.05) is 0 Å². The molecule has 1 rings (SSSR count). The van der Waals surface area contributed by atoms with E-state index in [2.05, 4.69) is 19.2 Å². The van der Waals surface area contributed by atoms with Gasteiger partial charge >= 0.3 is 0 Å². The van der Waals surface area contributed by atoms with Crippen molar-refractivity contribution in [3.05, 3.63) is 17.9 Å². The number of hydrogen-bond acceptors (Lipinski definition) is 0. The molecule has 10 heavy (non-hydrogen) atoms. The molecule has 0 heterocycles. The van der Waals surface area contributed by atoms with Gasteiger partial charge in [-0.2, -0.15) is 0 Å². The molecule has 0 aromatic rings. The van der Waals surface area contributed by atoms with Crippen LogP contribution in [-0.2, 0) is 0 Å². The van der Waals surface area contributed by atoms with Gasteiger partial charge in [-0.1, -0.05) is 19.9 Å². The molecule has 1 fully saturated rings. The van der Waals surface area contributed by atoms with Crippen molar-refractivity contribution in [2.45, 2.75) is 39.0 Å². The summed E-state index contributed by atoms with van der Waals surface area (Å²) in [4.78, 5) is 0. The summed E-state index contributed by atoms with van der Waals surface area (Å²) < 4.78 is 0. The van der Waals surface area contributed by atoms with Crippen LogP contribution in [0.25, 0.3) is 0 Å². The van der Waals surface area contributed by atoms with Crippen molar-refractivity contribution < 1.29 is 0 Å². The molecule has 0 aromatic heterocycles. The van der Waals surface area contributed by atoms with Crippen molar-refractivity contribution in [3.63, 3.8) is 0 Å². The maximum absolute atomic E-state index is 3.67. The van der Waals surface area contributed by atoms with Gasteiger partial charge in [-0.05, 0) is 37.2 Å². The van der Waals surface area contributed by atoms with E-state index < -0.39 is 0 Å². The highest BCUT2D eigenvalue weighted by atomic mass is 14.2. The van der Waals surface area contributed by atoms with Gasteiger partial charge in [-0.3, -0.25) is 0 Å². The first-order chi connectivity index (χ1) is 4.86. The summed E-state index contributed by atoms with van der Waals surface area (Å²) in [5.74, 6) is 0.983. The first-order valence-electron chi connectivity index (χ1n) is 4.24. The molecule has 1 saturated carbocycles. The lowest BCUT2D eigenvalue weighted by molar-refractivity contribution is 0.398. The Morgan fingerprint density at radius 2 is 2.10 bits per heavy atom. The van der Waals surface area contributed by atoms with Crippen LogP contribution in [0, 0.1) is 5.92 Å². The highest BCUT2D eigenvalue weighted by Gasteiger charge is 2.13. The predicted molar refractivity (Wildman–Crippen MR) is 44.9 cm³/mol. The first-order valence-corrected chi connectivity index (χ1v) is 4.24. The molecular weight excluding hydrogens is 120 g/mol. The van der Waals surface area contributed by atoms with Crippen molar-refractivity contribution in [2.24, 2.45) is 5.92 Å². The summed E-state index contributed by atoms with van der Waals surface area (Å²) in [7, 11) is 0. The Bertz CT molecular complexity index is 139. The molecule has 0 spiro atoms. The third-order valence-corrected chi connectivity index (χ3v) is 2.54. The minimum atomic E-state index is 0.983. The zero-order chi connectivity index (χ0) is 7.40. The Hall–Kier alpha value is -0.480. The molecule has 0 nitrogen and oxygen atoms in total. The summed E-state index contributed by atoms with van der Waals surface area (Å²) in [5, 5.41) is 0. The lowest BCUT2D eigenvalue weighted by atomic mass is 9.85. The van der Waals surface area contributed by atoms with Crippen LogP contribution < -0.4 is 0 Å². The molecule has 0 aromatic carbocycles. The largest absolute Gasteiger partial charge is 0.130 e. The zero-order valence-electron chi connectivity index (χ0n) is 6.82. The molecule has 1 aliphatic carbocycles. The molecular formula is C10H16. The van der Waals surface area contributed by atoms with E-state index in [-0.39, 0.29) is 0 Å². The Morgan fingerprint density at radius 1 is 1.50 bits per heavy atom. The van der Waals surface area contributed by atoms with Gasteiger partial charge in [0.05, 0.1) is 0 Å². The van der Waals surface area contributed by atoms with Crippen LogP contribution in [0.15, 0.2) is 17.9 Å². The van der Waals surface area contributed by atoms with Gasteiger partial charge in [-0.25, -0.2) is 0 Å². The second-order valence-corrected chi connectivity index (χ2v) is 3.13. The second kappa shape index (κ2) is 3.63. The molecule has 0 amide bonds. The molecule has 0 aliphatic heterocycles. The van der Waals surface area contributed by atoms with Gasteiger partial charge in [0, 0.05) is 0 Å². The fourth-order valence-corrected chi connectivity index (χ4v) is 1.61. The highest BCUT2D eigenvalue weighted by Crippen LogP contribution is 2.28. The number of rotatable bonds is 1. The van der Waals surface area contributed by atoms with E-state index in [1.807, 2.05) is 0 Å². The average molecular weight is 136 g/mol. The van der Waals surface area contributed by atoms with Crippen LogP contribution in [-0.4, -0.2) is 0 Å². The molecule has 0 radical (unpaired) electrons. The third kappa shape index (κ3) is 1.75. The van der Waals surface area contributed by atoms with E-state index in [1.165, 1.54) is 37.7 Å². The van der Waals surface area contributed by atoms with Gasteiger partial charge in [-0.15, -0.1) is 5.73 Å². The maximum Gasteiger partial charge on any atom is -0.0241 e. The Balaban J connectivity index is 2.38. The van der Waals surface area contributed by atoms with Crippen LogP contribution in [0.5, 0.6) is 0 Å². The minimum absolute atomic E-state index is 0.983. The molecule has 0 atom stereocenters. The monoisotopic (exact) mass is 136 g/mol. The highest BCUT2D eigenvalue weighted by molar-refractivity contribution is 5.02. The van der Waals surface area contributed by atoms with Crippen molar-refractivity contribution >= 4 is 0 Å². The maximum atomic E-state index is 3.67. The number of allylic oxidation sites excluding steroid dienone is 1. The normalized spacial score (nSPS) is 26.1. The summed E-state index contributed by atoms with van der Waals surface area (Å²) in [6.07, 6.45) is 6.59. The lowest BCUT2D eigenvalue weighted by Gasteiger charge is -2.20. The quantitative estimate of drug-likeness (QED) is 0.485. The van der Waals surface area contributed by atoms with Gasteiger partial charge in [0.1, 0.15) is 0 Å². The van der Waals surface area contributed by atoms with Gasteiger partial charge in [0.2, 0.25) is 0 Å². The van der Waals surface area contributed by atoms with Crippen molar-refractivity contribution in [1.29, 1.82) is 0 Å². The van der Waals surface area contributed by atoms with Crippen LogP contribution in [0.2, 0.25) is 0 Å². The summed E-state index contributed by atoms with van der Waals surface area (Å²) >= 11 is 0. The first kappa shape index (κ1) is 7.63. The standard InChI is InChI=1S/C10H16/c1-3-9-5-7-10(4-2)8-6-9/h10H,1,4-8H2,2H3. The van der Waals surface area contributed by atoms with E-state index in [4.69, 9.17) is 0 Å². The summed E-state index contributed by atoms with van der Waals surface area (Å²) in [6, 6.07) is 0. The summed E-state index contributed by atoms with van der Waals surface area (Å²) in [5.41, 5.74) is 4.46. The van der Waals surface area contributed by atoms with E-state index in [0.717, 1.165) is 5.92 Å². The average Bonchev–Trinajstić information content (AvgIpc) is 2.05. The van der Waals surface area contributed by atoms with Crippen LogP contribution in [0.1, 0.15) is 39.0 Å². The minimum Gasteiger partial charge on any atom is -0.130 e. The molecule has 0 bridgehead atoms. The lowest BCUT2D eigenvalue weighted by Crippen LogP contribution is -2.05. The zero-order valence-corrected chi connectivity index (χ0v) is 6.82. The molecule has 0 unspecified atom stereocenters. The van der Waals surface area contributed by atoms with E-state index in [0.29, 0.717) is 0 Å². The van der Waals surface area contributed by atoms with E-state index >= 15 is 0 Å². The smallest absolute Gasteiger partial charge is 0.0241 e. The molecule has 0 heteroatoms. The molecule has 1 aliphatic rings. The molecule has 56 valence electrons. The predicted octanol–water partition coefficient (Wildman–Crippen LogP) is 3.30. The van der Waals surface area contributed by atoms with E-state index in [9.17, 15) is 0 Å². The SMILES string of the molecule is C=C=C1CCC(CC)CC1. The topological polar surface area (TPSA) is 0 Å². The van der Waals surface area contributed by atoms with Crippen molar-refractivity contribution in [3.8, 4) is 0 Å². The molecule has 0 N–H and O–H groups in total. The molecule has 0 saturated heterocycles. The number of hydrogen-bond donors (Lipinski definition) is 0. The third-order valence-electron chi connectivity index (χ3n) is 2.54. The fraction of sp³-hybridized carbons (Fsp3) is 0.700. The van der Waals surface area contributed by atoms with Crippen LogP contribution in [0.4, 0.5) is 0 Å². The Morgan fingerprint density at radius 3 is 2.50 bits per heavy atom. The van der Waals surface area contributed by atoms with Crippen LogP contribution in [0.3, 0.4) is 0 Å². The second-order valence-electron chi connectivity index (χ2n) is 3.13. The Kier molecular flexibility index (Phi) is 2.77.